The maximum atomic E-state index is 13.8. The molecule has 0 saturated carbocycles. The molecule has 0 spiro atoms. The number of benzene rings is 3. The fourth-order valence-corrected chi connectivity index (χ4v) is 7.62. The van der Waals surface area contributed by atoms with Gasteiger partial charge >= 0.3 is 11.9 Å². The molecule has 0 atom stereocenters. The highest BCUT2D eigenvalue weighted by molar-refractivity contribution is 7.17. The molecule has 1 aliphatic rings. The zero-order valence-corrected chi connectivity index (χ0v) is 30.9. The number of amides is 3. The molecule has 11 nitrogen and oxygen atoms in total. The van der Waals surface area contributed by atoms with Gasteiger partial charge in [0.2, 0.25) is 5.91 Å². The third-order valence-electron chi connectivity index (χ3n) is 9.33. The molecule has 1 heterocycles. The number of thiophene rings is 1. The van der Waals surface area contributed by atoms with Gasteiger partial charge in [-0.15, -0.1) is 11.3 Å². The van der Waals surface area contributed by atoms with Gasteiger partial charge in [0.1, 0.15) is 5.00 Å². The molecule has 0 fully saturated rings. The van der Waals surface area contributed by atoms with E-state index in [9.17, 15) is 24.0 Å². The predicted molar refractivity (Wildman–Crippen MR) is 206 cm³/mol. The van der Waals surface area contributed by atoms with Crippen molar-refractivity contribution < 1.29 is 34.2 Å². The van der Waals surface area contributed by atoms with E-state index in [2.05, 4.69) is 34.7 Å². The average molecular weight is 739 g/mol. The summed E-state index contributed by atoms with van der Waals surface area (Å²) >= 11 is 1.47. The number of anilines is 2. The van der Waals surface area contributed by atoms with E-state index in [4.69, 9.17) is 10.2 Å². The van der Waals surface area contributed by atoms with Crippen LogP contribution in [0.1, 0.15) is 97.7 Å². The van der Waals surface area contributed by atoms with E-state index in [-0.39, 0.29) is 42.2 Å². The summed E-state index contributed by atoms with van der Waals surface area (Å²) in [6, 6.07) is 22.1. The lowest BCUT2D eigenvalue weighted by atomic mass is 9.95. The lowest BCUT2D eigenvalue weighted by molar-refractivity contribution is -0.138. The molecule has 1 aromatic heterocycles. The Morgan fingerprint density at radius 3 is 2.11 bits per heavy atom. The van der Waals surface area contributed by atoms with Crippen molar-refractivity contribution in [2.45, 2.75) is 77.8 Å². The smallest absolute Gasteiger partial charge is 0.335 e. The van der Waals surface area contributed by atoms with Gasteiger partial charge in [-0.2, -0.15) is 0 Å². The number of rotatable bonds is 17. The normalized spacial score (nSPS) is 12.3. The molecule has 4 aromatic rings. The number of aryl methyl sites for hydroxylation is 3. The first-order chi connectivity index (χ1) is 25.5. The Bertz CT molecular complexity index is 1940. The molecule has 0 unspecified atom stereocenters. The van der Waals surface area contributed by atoms with Crippen molar-refractivity contribution in [3.8, 4) is 0 Å². The summed E-state index contributed by atoms with van der Waals surface area (Å²) in [5, 5.41) is 27.3. The molecule has 5 N–H and O–H groups in total. The molecule has 3 amide bonds. The largest absolute Gasteiger partial charge is 0.481 e. The lowest BCUT2D eigenvalue weighted by Crippen LogP contribution is -2.38. The Morgan fingerprint density at radius 1 is 0.774 bits per heavy atom. The summed E-state index contributed by atoms with van der Waals surface area (Å²) in [6.07, 6.45) is 4.91. The highest BCUT2D eigenvalue weighted by Crippen LogP contribution is 2.39. The number of nitrogens with one attached hydrogen (secondary N) is 3. The zero-order valence-electron chi connectivity index (χ0n) is 30.1. The van der Waals surface area contributed by atoms with Gasteiger partial charge in [0.05, 0.1) is 17.5 Å². The minimum absolute atomic E-state index is 0.0607. The van der Waals surface area contributed by atoms with Crippen molar-refractivity contribution in [1.29, 1.82) is 0 Å². The van der Waals surface area contributed by atoms with E-state index in [1.165, 1.54) is 11.3 Å². The summed E-state index contributed by atoms with van der Waals surface area (Å²) in [4.78, 5) is 64.6. The van der Waals surface area contributed by atoms with Gasteiger partial charge < -0.3 is 26.2 Å². The standard InChI is InChI=1S/C41H46N4O7S/c1-26(2)45(23-22-42-35(46)20-21-36(47)48)25-29-6-5-7-31(24-29)38(49)44-40-37(33-8-3-4-9-34(33)53-40)39(50)43-32-18-14-28(15-19-32)11-10-27-12-16-30(17-13-27)41(51)52/h5-7,12-19,24,26H,3-4,8-11,20-23,25H2,1-2H3,(H,42,46)(H,43,50)(H,44,49)(H,47,48)(H,51,52). The number of carbonyl (C=O) groups excluding carboxylic acids is 3. The Labute approximate surface area is 313 Å². The van der Waals surface area contributed by atoms with Crippen LogP contribution in [0.15, 0.2) is 72.8 Å². The summed E-state index contributed by atoms with van der Waals surface area (Å²) in [6.45, 7) is 5.58. The molecule has 0 aliphatic heterocycles. The molecule has 0 saturated heterocycles. The fraction of sp³-hybridized carbons (Fsp3) is 0.341. The molecule has 53 heavy (non-hydrogen) atoms. The maximum Gasteiger partial charge on any atom is 0.335 e. The number of fused-ring (bicyclic) bond motifs is 1. The zero-order chi connectivity index (χ0) is 37.9. The second-order valence-electron chi connectivity index (χ2n) is 13.5. The Morgan fingerprint density at radius 2 is 1.45 bits per heavy atom. The summed E-state index contributed by atoms with van der Waals surface area (Å²) < 4.78 is 0. The van der Waals surface area contributed by atoms with Crippen LogP contribution in [-0.2, 0) is 41.8 Å². The quantitative estimate of drug-likeness (QED) is 0.0789. The van der Waals surface area contributed by atoms with Crippen molar-refractivity contribution >= 4 is 51.7 Å². The first-order valence-electron chi connectivity index (χ1n) is 18.0. The number of carboxylic acids is 2. The number of hydrogen-bond acceptors (Lipinski definition) is 7. The van der Waals surface area contributed by atoms with Crippen molar-refractivity contribution in [3.05, 3.63) is 117 Å². The maximum absolute atomic E-state index is 13.8. The number of nitrogens with zero attached hydrogens (tertiary/aromatic N) is 1. The topological polar surface area (TPSA) is 165 Å². The minimum atomic E-state index is -1.01. The van der Waals surface area contributed by atoms with Gasteiger partial charge in [0.25, 0.3) is 11.8 Å². The third kappa shape index (κ3) is 11.1. The van der Waals surface area contributed by atoms with Crippen LogP contribution in [0.4, 0.5) is 10.7 Å². The number of carbonyl (C=O) groups is 5. The Hall–Kier alpha value is -5.33. The highest BCUT2D eigenvalue weighted by atomic mass is 32.1. The average Bonchev–Trinajstić information content (AvgIpc) is 3.51. The van der Waals surface area contributed by atoms with Gasteiger partial charge in [-0.3, -0.25) is 24.1 Å². The van der Waals surface area contributed by atoms with E-state index >= 15 is 0 Å². The molecule has 278 valence electrons. The van der Waals surface area contributed by atoms with Crippen LogP contribution in [0.3, 0.4) is 0 Å². The molecule has 1 aliphatic carbocycles. The Balaban J connectivity index is 1.22. The van der Waals surface area contributed by atoms with Crippen LogP contribution >= 0.6 is 11.3 Å². The van der Waals surface area contributed by atoms with Crippen LogP contribution < -0.4 is 16.0 Å². The van der Waals surface area contributed by atoms with Gasteiger partial charge in [-0.05, 0) is 111 Å². The van der Waals surface area contributed by atoms with E-state index < -0.39 is 11.9 Å². The van der Waals surface area contributed by atoms with E-state index in [0.29, 0.717) is 41.4 Å². The van der Waals surface area contributed by atoms with Crippen LogP contribution in [0.5, 0.6) is 0 Å². The van der Waals surface area contributed by atoms with E-state index in [0.717, 1.165) is 65.7 Å². The molecular weight excluding hydrogens is 693 g/mol. The summed E-state index contributed by atoms with van der Waals surface area (Å²) in [5.74, 6) is -2.82. The first kappa shape index (κ1) is 38.9. The van der Waals surface area contributed by atoms with Crippen molar-refractivity contribution in [1.82, 2.24) is 10.2 Å². The van der Waals surface area contributed by atoms with Crippen molar-refractivity contribution in [3.63, 3.8) is 0 Å². The highest BCUT2D eigenvalue weighted by Gasteiger charge is 2.27. The van der Waals surface area contributed by atoms with Gasteiger partial charge in [-0.25, -0.2) is 4.79 Å². The molecule has 0 bridgehead atoms. The fourth-order valence-electron chi connectivity index (χ4n) is 6.33. The van der Waals surface area contributed by atoms with Crippen LogP contribution in [-0.4, -0.2) is 63.9 Å². The summed E-state index contributed by atoms with van der Waals surface area (Å²) in [7, 11) is 0. The minimum Gasteiger partial charge on any atom is -0.481 e. The molecule has 5 rings (SSSR count). The third-order valence-corrected chi connectivity index (χ3v) is 10.5. The second-order valence-corrected chi connectivity index (χ2v) is 14.6. The number of aromatic carboxylic acids is 1. The first-order valence-corrected chi connectivity index (χ1v) is 18.8. The molecule has 0 radical (unpaired) electrons. The van der Waals surface area contributed by atoms with Crippen molar-refractivity contribution in [2.75, 3.05) is 23.7 Å². The van der Waals surface area contributed by atoms with E-state index in [1.807, 2.05) is 54.6 Å². The monoisotopic (exact) mass is 738 g/mol. The van der Waals surface area contributed by atoms with Crippen molar-refractivity contribution in [2.24, 2.45) is 0 Å². The SMILES string of the molecule is CC(C)N(CCNC(=O)CCC(=O)O)Cc1cccc(C(=O)Nc2sc3c(c2C(=O)Nc2ccc(CCc4ccc(C(=O)O)cc4)cc2)CCCC3)c1. The van der Waals surface area contributed by atoms with Crippen LogP contribution in [0.2, 0.25) is 0 Å². The number of aliphatic carboxylic acids is 1. The van der Waals surface area contributed by atoms with Crippen LogP contribution in [0.25, 0.3) is 0 Å². The number of hydrogen-bond donors (Lipinski definition) is 5. The van der Waals surface area contributed by atoms with Gasteiger partial charge in [0, 0.05) is 48.2 Å². The lowest BCUT2D eigenvalue weighted by Gasteiger charge is -2.26. The second kappa shape index (κ2) is 18.4. The predicted octanol–water partition coefficient (Wildman–Crippen LogP) is 6.81. The number of carboxylic acid groups (broad SMARTS) is 2. The molecule has 12 heteroatoms. The summed E-state index contributed by atoms with van der Waals surface area (Å²) in [5.41, 5.74) is 5.95. The van der Waals surface area contributed by atoms with Crippen LogP contribution in [0, 0.1) is 0 Å². The van der Waals surface area contributed by atoms with Gasteiger partial charge in [0.15, 0.2) is 0 Å². The molecular formula is C41H46N4O7S. The molecule has 3 aromatic carbocycles. The van der Waals surface area contributed by atoms with Gasteiger partial charge in [-0.1, -0.05) is 36.4 Å². The Kier molecular flexibility index (Phi) is 13.5. The van der Waals surface area contributed by atoms with E-state index in [1.54, 1.807) is 18.2 Å².